The molecule has 1 heterocycles. The van der Waals surface area contributed by atoms with Crippen LogP contribution in [0.1, 0.15) is 31.4 Å². The number of hydrogen-bond acceptors (Lipinski definition) is 3. The van der Waals surface area contributed by atoms with E-state index in [0.717, 1.165) is 27.6 Å². The molecule has 20 heavy (non-hydrogen) atoms. The first-order valence-electron chi connectivity index (χ1n) is 7.45. The minimum absolute atomic E-state index is 0.283. The number of fused-ring (bicyclic) bond motifs is 1. The number of pyridine rings is 1. The van der Waals surface area contributed by atoms with Crippen LogP contribution >= 0.6 is 11.8 Å². The van der Waals surface area contributed by atoms with E-state index in [1.165, 1.54) is 25.7 Å². The van der Waals surface area contributed by atoms with E-state index >= 15 is 0 Å². The van der Waals surface area contributed by atoms with Crippen LogP contribution in [-0.4, -0.2) is 27.2 Å². The predicted octanol–water partition coefficient (Wildman–Crippen LogP) is 3.81. The summed E-state index contributed by atoms with van der Waals surface area (Å²) in [4.78, 5) is 4.63. The van der Waals surface area contributed by atoms with Crippen LogP contribution in [0.4, 0.5) is 0 Å². The third kappa shape index (κ3) is 3.53. The van der Waals surface area contributed by atoms with Gasteiger partial charge in [0.1, 0.15) is 0 Å². The van der Waals surface area contributed by atoms with Gasteiger partial charge >= 0.3 is 0 Å². The van der Waals surface area contributed by atoms with Crippen molar-refractivity contribution in [2.45, 2.75) is 43.5 Å². The third-order valence-corrected chi connectivity index (χ3v) is 5.45. The Morgan fingerprint density at radius 1 is 1.15 bits per heavy atom. The number of aliphatic hydroxyl groups excluding tert-OH is 1. The summed E-state index contributed by atoms with van der Waals surface area (Å²) in [5.41, 5.74) is 2.00. The Morgan fingerprint density at radius 2 is 1.95 bits per heavy atom. The summed E-state index contributed by atoms with van der Waals surface area (Å²) in [5.74, 6) is 0.833. The number of nitrogens with zero attached hydrogens (tertiary/aromatic N) is 1. The Balaban J connectivity index is 1.57. The normalized spacial score (nSPS) is 17.6. The van der Waals surface area contributed by atoms with Crippen molar-refractivity contribution in [3.63, 3.8) is 0 Å². The van der Waals surface area contributed by atoms with Crippen molar-refractivity contribution in [1.29, 1.82) is 0 Å². The van der Waals surface area contributed by atoms with E-state index in [9.17, 15) is 5.11 Å². The number of aromatic nitrogens is 1. The van der Waals surface area contributed by atoms with Crippen molar-refractivity contribution in [1.82, 2.24) is 4.98 Å². The maximum Gasteiger partial charge on any atom is 0.0705 e. The summed E-state index contributed by atoms with van der Waals surface area (Å²) in [6, 6.07) is 12.2. The molecule has 2 nitrogen and oxygen atoms in total. The Labute approximate surface area is 124 Å². The molecule has 1 fully saturated rings. The fourth-order valence-electron chi connectivity index (χ4n) is 2.82. The zero-order valence-corrected chi connectivity index (χ0v) is 12.5. The number of hydrogen-bond donors (Lipinski definition) is 1. The molecular formula is C17H21NOS. The Bertz CT molecular complexity index is 566. The molecule has 0 amide bonds. The first kappa shape index (κ1) is 13.9. The fourth-order valence-corrected chi connectivity index (χ4v) is 4.10. The van der Waals surface area contributed by atoms with Crippen molar-refractivity contribution in [3.05, 3.63) is 42.1 Å². The standard InChI is InChI=1S/C17H21NOS/c19-15(12-20-16-6-2-3-7-16)11-14-10-9-13-5-1-4-8-17(13)18-14/h1,4-5,8-10,15-16,19H,2-3,6-7,11-12H2. The van der Waals surface area contributed by atoms with Crippen LogP contribution in [0.2, 0.25) is 0 Å². The molecule has 0 spiro atoms. The van der Waals surface area contributed by atoms with Crippen LogP contribution in [0.15, 0.2) is 36.4 Å². The smallest absolute Gasteiger partial charge is 0.0705 e. The van der Waals surface area contributed by atoms with Gasteiger partial charge in [-0.15, -0.1) is 0 Å². The van der Waals surface area contributed by atoms with Gasteiger partial charge in [-0.3, -0.25) is 4.98 Å². The highest BCUT2D eigenvalue weighted by molar-refractivity contribution is 7.99. The van der Waals surface area contributed by atoms with Crippen LogP contribution in [-0.2, 0) is 6.42 Å². The number of thioether (sulfide) groups is 1. The highest BCUT2D eigenvalue weighted by atomic mass is 32.2. The lowest BCUT2D eigenvalue weighted by Crippen LogP contribution is -2.16. The van der Waals surface area contributed by atoms with Crippen molar-refractivity contribution < 1.29 is 5.11 Å². The maximum absolute atomic E-state index is 10.2. The van der Waals surface area contributed by atoms with E-state index in [-0.39, 0.29) is 6.10 Å². The van der Waals surface area contributed by atoms with Crippen LogP contribution in [0, 0.1) is 0 Å². The van der Waals surface area contributed by atoms with E-state index in [1.807, 2.05) is 36.0 Å². The molecule has 1 unspecified atom stereocenters. The number of rotatable bonds is 5. The Kier molecular flexibility index (Phi) is 4.58. The second-order valence-corrected chi connectivity index (χ2v) is 6.93. The van der Waals surface area contributed by atoms with Crippen molar-refractivity contribution in [3.8, 4) is 0 Å². The molecule has 2 aromatic rings. The summed E-state index contributed by atoms with van der Waals surface area (Å²) in [5, 5.41) is 12.1. The SMILES string of the molecule is OC(CSC1CCCC1)Cc1ccc2ccccc2n1. The zero-order chi connectivity index (χ0) is 13.8. The van der Waals surface area contributed by atoms with Gasteiger partial charge in [0.25, 0.3) is 0 Å². The van der Waals surface area contributed by atoms with Gasteiger partial charge in [-0.25, -0.2) is 0 Å². The highest BCUT2D eigenvalue weighted by Crippen LogP contribution is 2.30. The van der Waals surface area contributed by atoms with Crippen LogP contribution in [0.25, 0.3) is 10.9 Å². The monoisotopic (exact) mass is 287 g/mol. The van der Waals surface area contributed by atoms with E-state index in [0.29, 0.717) is 6.42 Å². The van der Waals surface area contributed by atoms with Crippen molar-refractivity contribution >= 4 is 22.7 Å². The maximum atomic E-state index is 10.2. The molecule has 0 radical (unpaired) electrons. The molecule has 0 bridgehead atoms. The second kappa shape index (κ2) is 6.59. The predicted molar refractivity (Wildman–Crippen MR) is 86.2 cm³/mol. The summed E-state index contributed by atoms with van der Waals surface area (Å²) >= 11 is 1.94. The van der Waals surface area contributed by atoms with Gasteiger partial charge < -0.3 is 5.11 Å². The van der Waals surface area contributed by atoms with E-state index in [1.54, 1.807) is 0 Å². The average molecular weight is 287 g/mol. The lowest BCUT2D eigenvalue weighted by molar-refractivity contribution is 0.199. The van der Waals surface area contributed by atoms with Gasteiger partial charge in [0.2, 0.25) is 0 Å². The average Bonchev–Trinajstić information content (AvgIpc) is 2.98. The van der Waals surface area contributed by atoms with Gasteiger partial charge in [-0.1, -0.05) is 37.1 Å². The summed E-state index contributed by atoms with van der Waals surface area (Å²) in [6.45, 7) is 0. The molecule has 0 saturated heterocycles. The largest absolute Gasteiger partial charge is 0.392 e. The molecule has 3 rings (SSSR count). The molecule has 1 aromatic heterocycles. The molecular weight excluding hydrogens is 266 g/mol. The van der Waals surface area contributed by atoms with E-state index in [4.69, 9.17) is 0 Å². The van der Waals surface area contributed by atoms with Crippen LogP contribution < -0.4 is 0 Å². The van der Waals surface area contributed by atoms with Gasteiger partial charge in [-0.2, -0.15) is 11.8 Å². The van der Waals surface area contributed by atoms with Crippen LogP contribution in [0.3, 0.4) is 0 Å². The topological polar surface area (TPSA) is 33.1 Å². The molecule has 1 N–H and O–H groups in total. The molecule has 1 aliphatic carbocycles. The Morgan fingerprint density at radius 3 is 2.80 bits per heavy atom. The summed E-state index contributed by atoms with van der Waals surface area (Å²) in [7, 11) is 0. The van der Waals surface area contributed by atoms with E-state index in [2.05, 4.69) is 17.1 Å². The Hall–Kier alpha value is -1.06. The summed E-state index contributed by atoms with van der Waals surface area (Å²) in [6.07, 6.45) is 5.75. The van der Waals surface area contributed by atoms with Gasteiger partial charge in [0.05, 0.1) is 11.6 Å². The molecule has 1 atom stereocenters. The molecule has 106 valence electrons. The first-order valence-corrected chi connectivity index (χ1v) is 8.50. The number of aliphatic hydroxyl groups is 1. The lowest BCUT2D eigenvalue weighted by atomic mass is 10.1. The third-order valence-electron chi connectivity index (χ3n) is 3.93. The molecule has 1 aromatic carbocycles. The fraction of sp³-hybridized carbons (Fsp3) is 0.471. The van der Waals surface area contributed by atoms with Crippen molar-refractivity contribution in [2.24, 2.45) is 0 Å². The minimum Gasteiger partial charge on any atom is -0.392 e. The van der Waals surface area contributed by atoms with E-state index < -0.39 is 0 Å². The summed E-state index contributed by atoms with van der Waals surface area (Å²) < 4.78 is 0. The molecule has 3 heteroatoms. The van der Waals surface area contributed by atoms with Crippen LogP contribution in [0.5, 0.6) is 0 Å². The molecule has 1 saturated carbocycles. The van der Waals surface area contributed by atoms with Gasteiger partial charge in [0.15, 0.2) is 0 Å². The number of benzene rings is 1. The molecule has 1 aliphatic rings. The van der Waals surface area contributed by atoms with Gasteiger partial charge in [0, 0.05) is 28.5 Å². The van der Waals surface area contributed by atoms with Gasteiger partial charge in [-0.05, 0) is 25.0 Å². The lowest BCUT2D eigenvalue weighted by Gasteiger charge is -2.13. The van der Waals surface area contributed by atoms with Crippen molar-refractivity contribution in [2.75, 3.05) is 5.75 Å². The second-order valence-electron chi connectivity index (χ2n) is 5.59. The minimum atomic E-state index is -0.283. The zero-order valence-electron chi connectivity index (χ0n) is 11.7. The first-order chi connectivity index (χ1) is 9.81. The molecule has 0 aliphatic heterocycles. The highest BCUT2D eigenvalue weighted by Gasteiger charge is 2.17. The quantitative estimate of drug-likeness (QED) is 0.907. The number of para-hydroxylation sites is 1.